The van der Waals surface area contributed by atoms with Gasteiger partial charge < -0.3 is 10.5 Å². The molecule has 2 aromatic carbocycles. The van der Waals surface area contributed by atoms with Gasteiger partial charge in [-0.05, 0) is 36.0 Å². The molecule has 1 aliphatic rings. The van der Waals surface area contributed by atoms with E-state index in [4.69, 9.17) is 10.5 Å². The summed E-state index contributed by atoms with van der Waals surface area (Å²) in [6.45, 7) is 0. The van der Waals surface area contributed by atoms with Gasteiger partial charge in [-0.3, -0.25) is 0 Å². The summed E-state index contributed by atoms with van der Waals surface area (Å²) >= 11 is 0. The Balaban J connectivity index is 1.83. The van der Waals surface area contributed by atoms with Crippen LogP contribution in [-0.2, 0) is 0 Å². The molecule has 3 heteroatoms. The molecule has 104 valence electrons. The minimum absolute atomic E-state index is 0.281. The molecule has 20 heavy (non-hydrogen) atoms. The molecular formula is C17H18FNO. The number of halogens is 1. The number of hydrogen-bond acceptors (Lipinski definition) is 2. The van der Waals surface area contributed by atoms with E-state index in [9.17, 15) is 4.39 Å². The number of rotatable bonds is 4. The average Bonchev–Trinajstić information content (AvgIpc) is 3.27. The molecule has 0 bridgehead atoms. The minimum Gasteiger partial charge on any atom is -0.496 e. The molecule has 0 radical (unpaired) electrons. The lowest BCUT2D eigenvalue weighted by Crippen LogP contribution is -2.16. The average molecular weight is 271 g/mol. The molecule has 0 aliphatic heterocycles. The molecule has 1 fully saturated rings. The molecule has 3 atom stereocenters. The normalized spacial score (nSPS) is 22.4. The van der Waals surface area contributed by atoms with Crippen molar-refractivity contribution in [3.05, 3.63) is 65.5 Å². The first-order chi connectivity index (χ1) is 9.72. The van der Waals surface area contributed by atoms with Gasteiger partial charge in [0.2, 0.25) is 0 Å². The summed E-state index contributed by atoms with van der Waals surface area (Å²) in [6, 6.07) is 14.8. The molecule has 0 aromatic heterocycles. The van der Waals surface area contributed by atoms with E-state index in [0.717, 1.165) is 6.42 Å². The second kappa shape index (κ2) is 5.25. The molecule has 0 saturated heterocycles. The maximum Gasteiger partial charge on any atom is 0.131 e. The topological polar surface area (TPSA) is 35.2 Å². The van der Waals surface area contributed by atoms with Gasteiger partial charge in [0, 0.05) is 11.6 Å². The first kappa shape index (κ1) is 13.1. The van der Waals surface area contributed by atoms with Crippen molar-refractivity contribution in [2.75, 3.05) is 7.11 Å². The second-order valence-corrected chi connectivity index (χ2v) is 5.30. The standard InChI is InChI=1S/C17H18FNO/c1-20-15-9-5-8-14(18)16(15)17(19)13-10-12(13)11-6-3-2-4-7-11/h2-9,12-13,17H,10,19H2,1H3. The molecule has 2 N–H and O–H groups in total. The third-order valence-electron chi connectivity index (χ3n) is 4.09. The molecule has 0 heterocycles. The summed E-state index contributed by atoms with van der Waals surface area (Å²) in [5, 5.41) is 0. The van der Waals surface area contributed by atoms with Crippen LogP contribution >= 0.6 is 0 Å². The first-order valence-electron chi connectivity index (χ1n) is 6.85. The Morgan fingerprint density at radius 3 is 2.60 bits per heavy atom. The van der Waals surface area contributed by atoms with E-state index in [1.165, 1.54) is 11.6 Å². The Kier molecular flexibility index (Phi) is 3.45. The fraction of sp³-hybridized carbons (Fsp3) is 0.294. The van der Waals surface area contributed by atoms with Gasteiger partial charge in [0.05, 0.1) is 7.11 Å². The van der Waals surface area contributed by atoms with Gasteiger partial charge in [0.25, 0.3) is 0 Å². The maximum absolute atomic E-state index is 14.0. The highest BCUT2D eigenvalue weighted by atomic mass is 19.1. The van der Waals surface area contributed by atoms with E-state index in [-0.39, 0.29) is 17.8 Å². The third kappa shape index (κ3) is 2.29. The molecule has 3 unspecified atom stereocenters. The smallest absolute Gasteiger partial charge is 0.131 e. The Morgan fingerprint density at radius 1 is 1.15 bits per heavy atom. The highest BCUT2D eigenvalue weighted by Crippen LogP contribution is 2.54. The number of nitrogens with two attached hydrogens (primary N) is 1. The van der Waals surface area contributed by atoms with Crippen LogP contribution in [0.25, 0.3) is 0 Å². The number of hydrogen-bond donors (Lipinski definition) is 1. The SMILES string of the molecule is COc1cccc(F)c1C(N)C1CC1c1ccccc1. The molecular weight excluding hydrogens is 253 g/mol. The van der Waals surface area contributed by atoms with Gasteiger partial charge in [0.1, 0.15) is 11.6 Å². The lowest BCUT2D eigenvalue weighted by Gasteiger charge is -2.16. The van der Waals surface area contributed by atoms with E-state index < -0.39 is 0 Å². The van der Waals surface area contributed by atoms with Crippen LogP contribution in [0.15, 0.2) is 48.5 Å². The van der Waals surface area contributed by atoms with Crippen LogP contribution in [0.5, 0.6) is 5.75 Å². The van der Waals surface area contributed by atoms with E-state index in [1.807, 2.05) is 18.2 Å². The second-order valence-electron chi connectivity index (χ2n) is 5.30. The lowest BCUT2D eigenvalue weighted by molar-refractivity contribution is 0.395. The predicted octanol–water partition coefficient (Wildman–Crippen LogP) is 3.64. The Bertz CT molecular complexity index is 599. The highest BCUT2D eigenvalue weighted by Gasteiger charge is 2.44. The van der Waals surface area contributed by atoms with Gasteiger partial charge in [-0.1, -0.05) is 36.4 Å². The molecule has 0 amide bonds. The zero-order valence-corrected chi connectivity index (χ0v) is 11.4. The van der Waals surface area contributed by atoms with E-state index in [1.54, 1.807) is 19.2 Å². The van der Waals surface area contributed by atoms with Crippen molar-refractivity contribution in [3.8, 4) is 5.75 Å². The van der Waals surface area contributed by atoms with Crippen molar-refractivity contribution in [2.24, 2.45) is 11.7 Å². The fourth-order valence-electron chi connectivity index (χ4n) is 2.93. The summed E-state index contributed by atoms with van der Waals surface area (Å²) < 4.78 is 19.3. The fourth-order valence-corrected chi connectivity index (χ4v) is 2.93. The predicted molar refractivity (Wildman–Crippen MR) is 77.2 cm³/mol. The number of ether oxygens (including phenoxy) is 1. The van der Waals surface area contributed by atoms with Crippen LogP contribution in [0, 0.1) is 11.7 Å². The number of methoxy groups -OCH3 is 1. The zero-order chi connectivity index (χ0) is 14.1. The molecule has 0 spiro atoms. The van der Waals surface area contributed by atoms with Crippen molar-refractivity contribution >= 4 is 0 Å². The Morgan fingerprint density at radius 2 is 1.90 bits per heavy atom. The molecule has 2 aromatic rings. The Labute approximate surface area is 118 Å². The molecule has 2 nitrogen and oxygen atoms in total. The molecule has 1 aliphatic carbocycles. The highest BCUT2D eigenvalue weighted by molar-refractivity contribution is 5.39. The van der Waals surface area contributed by atoms with E-state index in [0.29, 0.717) is 17.2 Å². The van der Waals surface area contributed by atoms with Crippen LogP contribution < -0.4 is 10.5 Å². The van der Waals surface area contributed by atoms with Crippen LogP contribution in [0.4, 0.5) is 4.39 Å². The molecule has 3 rings (SSSR count). The lowest BCUT2D eigenvalue weighted by atomic mass is 9.98. The van der Waals surface area contributed by atoms with Crippen molar-refractivity contribution in [1.82, 2.24) is 0 Å². The van der Waals surface area contributed by atoms with Gasteiger partial charge in [0.15, 0.2) is 0 Å². The summed E-state index contributed by atoms with van der Waals surface area (Å²) in [7, 11) is 1.55. The minimum atomic E-state index is -0.323. The third-order valence-corrected chi connectivity index (χ3v) is 4.09. The van der Waals surface area contributed by atoms with Gasteiger partial charge >= 0.3 is 0 Å². The van der Waals surface area contributed by atoms with E-state index in [2.05, 4.69) is 12.1 Å². The summed E-state index contributed by atoms with van der Waals surface area (Å²) in [5.41, 5.74) is 8.06. The zero-order valence-electron chi connectivity index (χ0n) is 11.4. The van der Waals surface area contributed by atoms with E-state index >= 15 is 0 Å². The van der Waals surface area contributed by atoms with Crippen molar-refractivity contribution in [1.29, 1.82) is 0 Å². The van der Waals surface area contributed by atoms with Gasteiger partial charge in [-0.2, -0.15) is 0 Å². The first-order valence-corrected chi connectivity index (χ1v) is 6.85. The van der Waals surface area contributed by atoms with Crippen LogP contribution in [0.1, 0.15) is 29.5 Å². The van der Waals surface area contributed by atoms with Crippen LogP contribution in [0.3, 0.4) is 0 Å². The summed E-state index contributed by atoms with van der Waals surface area (Å²) in [5.74, 6) is 0.963. The largest absolute Gasteiger partial charge is 0.496 e. The number of benzene rings is 2. The van der Waals surface area contributed by atoms with Gasteiger partial charge in [-0.15, -0.1) is 0 Å². The Hall–Kier alpha value is -1.87. The quantitative estimate of drug-likeness (QED) is 0.921. The monoisotopic (exact) mass is 271 g/mol. The van der Waals surface area contributed by atoms with Crippen LogP contribution in [-0.4, -0.2) is 7.11 Å². The van der Waals surface area contributed by atoms with Crippen LogP contribution in [0.2, 0.25) is 0 Å². The maximum atomic E-state index is 14.0. The van der Waals surface area contributed by atoms with Crippen molar-refractivity contribution in [3.63, 3.8) is 0 Å². The van der Waals surface area contributed by atoms with Gasteiger partial charge in [-0.25, -0.2) is 4.39 Å². The van der Waals surface area contributed by atoms with Crippen molar-refractivity contribution in [2.45, 2.75) is 18.4 Å². The molecule has 1 saturated carbocycles. The summed E-state index contributed by atoms with van der Waals surface area (Å²) in [6.07, 6.45) is 1.00. The summed E-state index contributed by atoms with van der Waals surface area (Å²) in [4.78, 5) is 0. The van der Waals surface area contributed by atoms with Crippen molar-refractivity contribution < 1.29 is 9.13 Å².